The van der Waals surface area contributed by atoms with Crippen molar-refractivity contribution in [2.24, 2.45) is 5.92 Å². The highest BCUT2D eigenvalue weighted by Crippen LogP contribution is 2.30. The van der Waals surface area contributed by atoms with Gasteiger partial charge >= 0.3 is 0 Å². The Morgan fingerprint density at radius 1 is 1.50 bits per heavy atom. The summed E-state index contributed by atoms with van der Waals surface area (Å²) in [7, 11) is 0. The third-order valence-electron chi connectivity index (χ3n) is 3.08. The van der Waals surface area contributed by atoms with Crippen molar-refractivity contribution >= 4 is 22.4 Å². The molecule has 2 heterocycles. The maximum atomic E-state index is 8.98. The molecule has 1 fully saturated rings. The molecule has 84 valence electrons. The van der Waals surface area contributed by atoms with Crippen LogP contribution < -0.4 is 10.6 Å². The highest BCUT2D eigenvalue weighted by atomic mass is 16.3. The summed E-state index contributed by atoms with van der Waals surface area (Å²) in [5.41, 5.74) is 7.40. The Morgan fingerprint density at radius 3 is 3.06 bits per heavy atom. The van der Waals surface area contributed by atoms with Gasteiger partial charge in [-0.3, -0.25) is 5.10 Å². The van der Waals surface area contributed by atoms with Gasteiger partial charge in [0.2, 0.25) is 0 Å². The van der Waals surface area contributed by atoms with Gasteiger partial charge in [0.1, 0.15) is 0 Å². The number of fused-ring (bicyclic) bond motifs is 1. The fraction of sp³-hybridized carbons (Fsp3) is 0.364. The molecule has 0 atom stereocenters. The monoisotopic (exact) mass is 218 g/mol. The fourth-order valence-electron chi connectivity index (χ4n) is 2.12. The van der Waals surface area contributed by atoms with Gasteiger partial charge in [-0.2, -0.15) is 5.10 Å². The minimum absolute atomic E-state index is 0.256. The van der Waals surface area contributed by atoms with Crippen LogP contribution in [0.4, 0.5) is 11.5 Å². The van der Waals surface area contributed by atoms with Gasteiger partial charge in [-0.15, -0.1) is 0 Å². The number of hydrogen-bond acceptors (Lipinski definition) is 4. The Hall–Kier alpha value is -1.75. The number of hydrogen-bond donors (Lipinski definition) is 3. The third-order valence-corrected chi connectivity index (χ3v) is 3.08. The molecule has 0 bridgehead atoms. The standard InChI is InChI=1S/C11H14N4O/c12-8-1-2-9-10(3-8)13-14-11(9)15-4-7(5-15)6-16/h1-3,7,16H,4-6,12H2,(H,13,14). The zero-order valence-electron chi connectivity index (χ0n) is 8.85. The van der Waals surface area contributed by atoms with E-state index in [1.165, 1.54) is 0 Å². The van der Waals surface area contributed by atoms with Crippen LogP contribution in [-0.2, 0) is 0 Å². The molecule has 0 radical (unpaired) electrons. The molecule has 1 aromatic carbocycles. The van der Waals surface area contributed by atoms with Gasteiger partial charge in [0.25, 0.3) is 0 Å². The SMILES string of the molecule is Nc1ccc2c(N3CC(CO)C3)n[nH]c2c1. The van der Waals surface area contributed by atoms with E-state index in [2.05, 4.69) is 15.1 Å². The van der Waals surface area contributed by atoms with Gasteiger partial charge in [-0.25, -0.2) is 0 Å². The smallest absolute Gasteiger partial charge is 0.158 e. The second-order valence-electron chi connectivity index (χ2n) is 4.31. The Labute approximate surface area is 92.9 Å². The average molecular weight is 218 g/mol. The summed E-state index contributed by atoms with van der Waals surface area (Å²) < 4.78 is 0. The van der Waals surface area contributed by atoms with Crippen molar-refractivity contribution in [3.63, 3.8) is 0 Å². The lowest BCUT2D eigenvalue weighted by Gasteiger charge is -2.38. The molecule has 0 unspecified atom stereocenters. The number of aliphatic hydroxyl groups excluding tert-OH is 1. The van der Waals surface area contributed by atoms with Crippen LogP contribution in [0.5, 0.6) is 0 Å². The average Bonchev–Trinajstić information content (AvgIpc) is 2.60. The molecule has 1 aromatic heterocycles. The molecule has 5 nitrogen and oxygen atoms in total. The molecule has 3 rings (SSSR count). The van der Waals surface area contributed by atoms with Gasteiger partial charge in [-0.1, -0.05) is 0 Å². The number of H-pyrrole nitrogens is 1. The third kappa shape index (κ3) is 1.32. The van der Waals surface area contributed by atoms with Gasteiger partial charge in [0.05, 0.1) is 5.52 Å². The lowest BCUT2D eigenvalue weighted by atomic mass is 10.0. The molecule has 0 spiro atoms. The lowest BCUT2D eigenvalue weighted by Crippen LogP contribution is -2.48. The normalized spacial score (nSPS) is 16.7. The predicted molar refractivity (Wildman–Crippen MR) is 63.3 cm³/mol. The number of rotatable bonds is 2. The first-order valence-corrected chi connectivity index (χ1v) is 5.37. The van der Waals surface area contributed by atoms with Crippen LogP contribution in [0.3, 0.4) is 0 Å². The first kappa shape index (κ1) is 9.47. The Morgan fingerprint density at radius 2 is 2.31 bits per heavy atom. The molecule has 0 amide bonds. The van der Waals surface area contributed by atoms with Crippen LogP contribution in [0.1, 0.15) is 0 Å². The van der Waals surface area contributed by atoms with E-state index in [4.69, 9.17) is 10.8 Å². The predicted octanol–water partition coefficient (Wildman–Crippen LogP) is 0.574. The minimum Gasteiger partial charge on any atom is -0.399 e. The molecule has 2 aromatic rings. The summed E-state index contributed by atoms with van der Waals surface area (Å²) in [5, 5.41) is 17.3. The highest BCUT2D eigenvalue weighted by molar-refractivity contribution is 5.92. The van der Waals surface area contributed by atoms with Gasteiger partial charge in [0, 0.05) is 36.7 Å². The van der Waals surface area contributed by atoms with E-state index in [9.17, 15) is 0 Å². The number of aromatic amines is 1. The van der Waals surface area contributed by atoms with Gasteiger partial charge in [0.15, 0.2) is 5.82 Å². The fourth-order valence-corrected chi connectivity index (χ4v) is 2.12. The number of nitrogens with one attached hydrogen (secondary N) is 1. The second-order valence-corrected chi connectivity index (χ2v) is 4.31. The lowest BCUT2D eigenvalue weighted by molar-refractivity contribution is 0.200. The van der Waals surface area contributed by atoms with Gasteiger partial charge < -0.3 is 15.7 Å². The van der Waals surface area contributed by atoms with Crippen LogP contribution in [0, 0.1) is 5.92 Å². The van der Waals surface area contributed by atoms with Crippen molar-refractivity contribution < 1.29 is 5.11 Å². The summed E-state index contributed by atoms with van der Waals surface area (Å²) in [6, 6.07) is 5.75. The number of aromatic nitrogens is 2. The summed E-state index contributed by atoms with van der Waals surface area (Å²) in [6.07, 6.45) is 0. The number of nitrogens with zero attached hydrogens (tertiary/aromatic N) is 2. The first-order valence-electron chi connectivity index (χ1n) is 5.37. The molecule has 0 saturated carbocycles. The van der Waals surface area contributed by atoms with Crippen molar-refractivity contribution in [2.45, 2.75) is 0 Å². The summed E-state index contributed by atoms with van der Waals surface area (Å²) >= 11 is 0. The van der Waals surface area contributed by atoms with Crippen LogP contribution in [0.2, 0.25) is 0 Å². The molecule has 1 aliphatic rings. The maximum absolute atomic E-state index is 8.98. The zero-order valence-corrected chi connectivity index (χ0v) is 8.85. The molecule has 5 heteroatoms. The molecular formula is C11H14N4O. The summed E-state index contributed by atoms with van der Waals surface area (Å²) in [4.78, 5) is 2.16. The molecule has 0 aliphatic carbocycles. The van der Waals surface area contributed by atoms with Crippen molar-refractivity contribution in [3.05, 3.63) is 18.2 Å². The maximum Gasteiger partial charge on any atom is 0.158 e. The van der Waals surface area contributed by atoms with E-state index in [-0.39, 0.29) is 6.61 Å². The van der Waals surface area contributed by atoms with Crippen molar-refractivity contribution in [3.8, 4) is 0 Å². The quantitative estimate of drug-likeness (QED) is 0.644. The van der Waals surface area contributed by atoms with Crippen molar-refractivity contribution in [2.75, 3.05) is 30.3 Å². The van der Waals surface area contributed by atoms with E-state index >= 15 is 0 Å². The number of nitrogen functional groups attached to an aromatic ring is 1. The van der Waals surface area contributed by atoms with Gasteiger partial charge in [-0.05, 0) is 18.2 Å². The van der Waals surface area contributed by atoms with Crippen LogP contribution in [0.25, 0.3) is 10.9 Å². The molecule has 4 N–H and O–H groups in total. The zero-order chi connectivity index (χ0) is 11.1. The van der Waals surface area contributed by atoms with E-state index in [0.29, 0.717) is 5.92 Å². The Kier molecular flexibility index (Phi) is 2.00. The highest BCUT2D eigenvalue weighted by Gasteiger charge is 2.28. The minimum atomic E-state index is 0.256. The topological polar surface area (TPSA) is 78.2 Å². The summed E-state index contributed by atoms with van der Waals surface area (Å²) in [5.74, 6) is 1.35. The molecule has 1 saturated heterocycles. The van der Waals surface area contributed by atoms with Crippen LogP contribution >= 0.6 is 0 Å². The van der Waals surface area contributed by atoms with E-state index in [0.717, 1.165) is 35.5 Å². The van der Waals surface area contributed by atoms with Crippen LogP contribution in [0.15, 0.2) is 18.2 Å². The largest absolute Gasteiger partial charge is 0.399 e. The molecule has 16 heavy (non-hydrogen) atoms. The first-order chi connectivity index (χ1) is 7.78. The van der Waals surface area contributed by atoms with Crippen LogP contribution in [-0.4, -0.2) is 35.0 Å². The van der Waals surface area contributed by atoms with E-state index in [1.807, 2.05) is 18.2 Å². The number of anilines is 2. The van der Waals surface area contributed by atoms with Crippen molar-refractivity contribution in [1.29, 1.82) is 0 Å². The van der Waals surface area contributed by atoms with Crippen molar-refractivity contribution in [1.82, 2.24) is 10.2 Å². The molecular weight excluding hydrogens is 204 g/mol. The summed E-state index contributed by atoms with van der Waals surface area (Å²) in [6.45, 7) is 2.01. The number of aliphatic hydroxyl groups is 1. The van der Waals surface area contributed by atoms with E-state index < -0.39 is 0 Å². The Balaban J connectivity index is 1.94. The second kappa shape index (κ2) is 3.38. The number of benzene rings is 1. The van der Waals surface area contributed by atoms with E-state index in [1.54, 1.807) is 0 Å². The number of nitrogens with two attached hydrogens (primary N) is 1. The molecule has 1 aliphatic heterocycles. The Bertz CT molecular complexity index is 516.